The highest BCUT2D eigenvalue weighted by atomic mass is 35.5. The van der Waals surface area contributed by atoms with Crippen LogP contribution in [-0.4, -0.2) is 43.0 Å². The van der Waals surface area contributed by atoms with Crippen LogP contribution >= 0.6 is 11.6 Å². The van der Waals surface area contributed by atoms with Crippen LogP contribution < -0.4 is 14.8 Å². The second kappa shape index (κ2) is 10.9. The molecule has 0 unspecified atom stereocenters. The molecule has 2 aromatic carbocycles. The number of amides is 2. The predicted molar refractivity (Wildman–Crippen MR) is 128 cm³/mol. The molecule has 1 aliphatic heterocycles. The number of nitrogens with one attached hydrogen (secondary N) is 1. The van der Waals surface area contributed by atoms with Crippen LogP contribution in [0.5, 0.6) is 11.5 Å². The van der Waals surface area contributed by atoms with Gasteiger partial charge < -0.3 is 19.7 Å². The molecular weight excluding hydrogens is 440 g/mol. The molecule has 1 saturated heterocycles. The summed E-state index contributed by atoms with van der Waals surface area (Å²) in [4.78, 5) is 27.4. The average molecular weight is 471 g/mol. The zero-order valence-electron chi connectivity index (χ0n) is 19.0. The molecule has 1 saturated carbocycles. The number of halogens is 1. The fourth-order valence-corrected chi connectivity index (χ4v) is 4.33. The smallest absolute Gasteiger partial charge is 0.260 e. The standard InChI is InChI=1S/C26H31ClN2O4/c1-2-32-23-16-20(10-13-22(23)33-17-24(30)29-14-4-3-5-15-29)26(31)28-25(18-6-7-18)19-8-11-21(27)12-9-19/h8-13,16,18,25H,2-7,14-15,17H2,1H3,(H,28,31)/t25-/m0/s1. The molecule has 6 nitrogen and oxygen atoms in total. The molecule has 0 bridgehead atoms. The van der Waals surface area contributed by atoms with Gasteiger partial charge in [-0.1, -0.05) is 23.7 Å². The molecule has 0 spiro atoms. The van der Waals surface area contributed by atoms with Crippen LogP contribution in [0.2, 0.25) is 5.02 Å². The van der Waals surface area contributed by atoms with Gasteiger partial charge in [0.1, 0.15) is 0 Å². The molecule has 33 heavy (non-hydrogen) atoms. The van der Waals surface area contributed by atoms with Gasteiger partial charge in [-0.2, -0.15) is 0 Å². The van der Waals surface area contributed by atoms with E-state index < -0.39 is 0 Å². The van der Waals surface area contributed by atoms with Gasteiger partial charge in [0.15, 0.2) is 18.1 Å². The number of likely N-dealkylation sites (tertiary alicyclic amines) is 1. The Bertz CT molecular complexity index is 969. The Morgan fingerprint density at radius 3 is 2.42 bits per heavy atom. The van der Waals surface area contributed by atoms with Crippen LogP contribution in [0.3, 0.4) is 0 Å². The second-order valence-corrected chi connectivity index (χ2v) is 9.10. The van der Waals surface area contributed by atoms with Crippen molar-refractivity contribution in [1.82, 2.24) is 10.2 Å². The Morgan fingerprint density at radius 2 is 1.76 bits per heavy atom. The summed E-state index contributed by atoms with van der Waals surface area (Å²) >= 11 is 6.03. The van der Waals surface area contributed by atoms with E-state index >= 15 is 0 Å². The van der Waals surface area contributed by atoms with Gasteiger partial charge in [0.25, 0.3) is 11.8 Å². The Morgan fingerprint density at radius 1 is 1.03 bits per heavy atom. The summed E-state index contributed by atoms with van der Waals surface area (Å²) in [5, 5.41) is 3.85. The van der Waals surface area contributed by atoms with Gasteiger partial charge in [-0.3, -0.25) is 9.59 Å². The molecule has 2 aromatic rings. The molecule has 1 N–H and O–H groups in total. The van der Waals surface area contributed by atoms with Crippen LogP contribution in [0.15, 0.2) is 42.5 Å². The lowest BCUT2D eigenvalue weighted by Crippen LogP contribution is -2.38. The topological polar surface area (TPSA) is 67.9 Å². The molecule has 0 aromatic heterocycles. The molecule has 1 heterocycles. The van der Waals surface area contributed by atoms with Crippen molar-refractivity contribution in [2.75, 3.05) is 26.3 Å². The fraction of sp³-hybridized carbons (Fsp3) is 0.462. The van der Waals surface area contributed by atoms with Crippen molar-refractivity contribution in [3.8, 4) is 11.5 Å². The number of carbonyl (C=O) groups excluding carboxylic acids is 2. The average Bonchev–Trinajstić information content (AvgIpc) is 3.68. The molecule has 1 atom stereocenters. The summed E-state index contributed by atoms with van der Waals surface area (Å²) in [5.74, 6) is 1.18. The van der Waals surface area contributed by atoms with Gasteiger partial charge in [0, 0.05) is 23.7 Å². The number of piperidine rings is 1. The Balaban J connectivity index is 1.43. The molecule has 2 fully saturated rings. The van der Waals surface area contributed by atoms with Crippen molar-refractivity contribution in [2.45, 2.75) is 45.1 Å². The van der Waals surface area contributed by atoms with E-state index in [1.807, 2.05) is 36.1 Å². The number of benzene rings is 2. The van der Waals surface area contributed by atoms with E-state index in [0.717, 1.165) is 44.3 Å². The molecule has 1 aliphatic carbocycles. The highest BCUT2D eigenvalue weighted by molar-refractivity contribution is 6.30. The molecule has 7 heteroatoms. The van der Waals surface area contributed by atoms with E-state index in [1.165, 1.54) is 6.42 Å². The number of rotatable bonds is 9. The van der Waals surface area contributed by atoms with Crippen LogP contribution in [0.4, 0.5) is 0 Å². The first-order valence-corrected chi connectivity index (χ1v) is 12.2. The summed E-state index contributed by atoms with van der Waals surface area (Å²) in [6.45, 7) is 3.84. The normalized spacial score (nSPS) is 16.7. The third-order valence-electron chi connectivity index (χ3n) is 6.17. The molecule has 4 rings (SSSR count). The van der Waals surface area contributed by atoms with Gasteiger partial charge in [-0.05, 0) is 80.8 Å². The van der Waals surface area contributed by atoms with E-state index in [9.17, 15) is 9.59 Å². The molecule has 2 aliphatic rings. The third kappa shape index (κ3) is 6.20. The summed E-state index contributed by atoms with van der Waals surface area (Å²) in [7, 11) is 0. The van der Waals surface area contributed by atoms with Gasteiger partial charge in [0.2, 0.25) is 0 Å². The lowest BCUT2D eigenvalue weighted by atomic mass is 10.0. The third-order valence-corrected chi connectivity index (χ3v) is 6.43. The second-order valence-electron chi connectivity index (χ2n) is 8.66. The summed E-state index contributed by atoms with van der Waals surface area (Å²) < 4.78 is 11.5. The highest BCUT2D eigenvalue weighted by Crippen LogP contribution is 2.41. The molecule has 176 valence electrons. The summed E-state index contributed by atoms with van der Waals surface area (Å²) in [5.41, 5.74) is 1.55. The van der Waals surface area contributed by atoms with E-state index in [2.05, 4.69) is 5.32 Å². The maximum Gasteiger partial charge on any atom is 0.260 e. The van der Waals surface area contributed by atoms with Gasteiger partial charge in [-0.15, -0.1) is 0 Å². The van der Waals surface area contributed by atoms with Crippen molar-refractivity contribution in [2.24, 2.45) is 5.92 Å². The van der Waals surface area contributed by atoms with E-state index in [-0.39, 0.29) is 24.5 Å². The zero-order chi connectivity index (χ0) is 23.2. The van der Waals surface area contributed by atoms with Crippen molar-refractivity contribution >= 4 is 23.4 Å². The first-order chi connectivity index (χ1) is 16.0. The van der Waals surface area contributed by atoms with Crippen molar-refractivity contribution < 1.29 is 19.1 Å². The SMILES string of the molecule is CCOc1cc(C(=O)N[C@H](c2ccc(Cl)cc2)C2CC2)ccc1OCC(=O)N1CCCCC1. The van der Waals surface area contributed by atoms with Crippen molar-refractivity contribution in [3.63, 3.8) is 0 Å². The number of hydrogen-bond acceptors (Lipinski definition) is 4. The lowest BCUT2D eigenvalue weighted by Gasteiger charge is -2.26. The summed E-state index contributed by atoms with van der Waals surface area (Å²) in [6.07, 6.45) is 5.43. The maximum absolute atomic E-state index is 13.1. The largest absolute Gasteiger partial charge is 0.490 e. The van der Waals surface area contributed by atoms with Crippen LogP contribution in [0.1, 0.15) is 61.0 Å². The summed E-state index contributed by atoms with van der Waals surface area (Å²) in [6, 6.07) is 12.7. The van der Waals surface area contributed by atoms with Crippen molar-refractivity contribution in [1.29, 1.82) is 0 Å². The molecule has 2 amide bonds. The van der Waals surface area contributed by atoms with E-state index in [0.29, 0.717) is 34.6 Å². The van der Waals surface area contributed by atoms with Crippen LogP contribution in [-0.2, 0) is 4.79 Å². The van der Waals surface area contributed by atoms with Gasteiger partial charge in [-0.25, -0.2) is 0 Å². The minimum Gasteiger partial charge on any atom is -0.490 e. The zero-order valence-corrected chi connectivity index (χ0v) is 19.8. The van der Waals surface area contributed by atoms with Gasteiger partial charge in [0.05, 0.1) is 12.6 Å². The highest BCUT2D eigenvalue weighted by Gasteiger charge is 2.33. The Hall–Kier alpha value is -2.73. The number of carbonyl (C=O) groups is 2. The molecule has 0 radical (unpaired) electrons. The minimum atomic E-state index is -0.168. The first kappa shape index (κ1) is 23.4. The maximum atomic E-state index is 13.1. The fourth-order valence-electron chi connectivity index (χ4n) is 4.21. The van der Waals surface area contributed by atoms with E-state index in [1.54, 1.807) is 18.2 Å². The Kier molecular flexibility index (Phi) is 7.76. The Labute approximate surface area is 200 Å². The minimum absolute atomic E-state index is 0.0193. The number of nitrogens with zero attached hydrogens (tertiary/aromatic N) is 1. The van der Waals surface area contributed by atoms with Crippen LogP contribution in [0, 0.1) is 5.92 Å². The number of ether oxygens (including phenoxy) is 2. The quantitative estimate of drug-likeness (QED) is 0.559. The first-order valence-electron chi connectivity index (χ1n) is 11.8. The lowest BCUT2D eigenvalue weighted by molar-refractivity contribution is -0.134. The van der Waals surface area contributed by atoms with Gasteiger partial charge >= 0.3 is 0 Å². The predicted octanol–water partition coefficient (Wildman–Crippen LogP) is 5.01. The monoisotopic (exact) mass is 470 g/mol. The van der Waals surface area contributed by atoms with E-state index in [4.69, 9.17) is 21.1 Å². The number of hydrogen-bond donors (Lipinski definition) is 1. The van der Waals surface area contributed by atoms with Crippen LogP contribution in [0.25, 0.3) is 0 Å². The molecular formula is C26H31ClN2O4. The van der Waals surface area contributed by atoms with Crippen molar-refractivity contribution in [3.05, 3.63) is 58.6 Å².